The van der Waals surface area contributed by atoms with E-state index in [2.05, 4.69) is 79.8 Å². The molecule has 0 heterocycles. The van der Waals surface area contributed by atoms with Crippen LogP contribution in [0.3, 0.4) is 0 Å². The lowest BCUT2D eigenvalue weighted by Gasteiger charge is -2.24. The molecule has 0 aliphatic rings. The summed E-state index contributed by atoms with van der Waals surface area (Å²) in [5.74, 6) is 0.429. The number of nitrogens with one attached hydrogen (secondary N) is 1. The number of rotatable bonds is 8. The molecule has 1 atom stereocenters. The number of aryl methyl sites for hydroxylation is 1. The van der Waals surface area contributed by atoms with Crippen molar-refractivity contribution >= 4 is 11.7 Å². The normalized spacial score (nSPS) is 11.6. The Hall–Kier alpha value is -3.85. The van der Waals surface area contributed by atoms with E-state index in [4.69, 9.17) is 0 Å². The molecule has 0 fully saturated rings. The lowest BCUT2D eigenvalue weighted by atomic mass is 9.93. The van der Waals surface area contributed by atoms with Gasteiger partial charge in [-0.3, -0.25) is 0 Å². The monoisotopic (exact) mass is 448 g/mol. The topological polar surface area (TPSA) is 32.3 Å². The second-order valence-electron chi connectivity index (χ2n) is 8.97. The molecule has 4 aromatic carbocycles. The van der Waals surface area contributed by atoms with E-state index in [1.807, 2.05) is 53.4 Å². The molecular weight excluding hydrogens is 416 g/mol. The highest BCUT2D eigenvalue weighted by molar-refractivity contribution is 5.89. The molecule has 0 aromatic heterocycles. The maximum atomic E-state index is 13.1. The van der Waals surface area contributed by atoms with Crippen molar-refractivity contribution in [1.29, 1.82) is 0 Å². The number of hydrogen-bond donors (Lipinski definition) is 1. The predicted molar refractivity (Wildman–Crippen MR) is 141 cm³/mol. The Bertz CT molecular complexity index is 1170. The highest BCUT2D eigenvalue weighted by Gasteiger charge is 2.15. The number of hydrogen-bond acceptors (Lipinski definition) is 1. The second kappa shape index (κ2) is 11.3. The lowest BCUT2D eigenvalue weighted by molar-refractivity contribution is 0.206. The zero-order valence-corrected chi connectivity index (χ0v) is 19.9. The maximum absolute atomic E-state index is 13.1. The Kier molecular flexibility index (Phi) is 7.77. The van der Waals surface area contributed by atoms with E-state index in [0.29, 0.717) is 19.0 Å². The molecule has 2 amide bonds. The molecular formula is C31H32N2O. The Labute approximate surface area is 203 Å². The van der Waals surface area contributed by atoms with Gasteiger partial charge in [0.05, 0.1) is 0 Å². The van der Waals surface area contributed by atoms with Gasteiger partial charge in [-0.15, -0.1) is 0 Å². The summed E-state index contributed by atoms with van der Waals surface area (Å²) in [6, 6.07) is 37.1. The number of nitrogens with zero attached hydrogens (tertiary/aromatic N) is 1. The van der Waals surface area contributed by atoms with Crippen molar-refractivity contribution in [3.05, 3.63) is 137 Å². The number of anilines is 1. The maximum Gasteiger partial charge on any atom is 0.322 e. The Morgan fingerprint density at radius 2 is 1.24 bits per heavy atom. The van der Waals surface area contributed by atoms with E-state index in [1.54, 1.807) is 0 Å². The van der Waals surface area contributed by atoms with E-state index in [1.165, 1.54) is 16.7 Å². The molecule has 34 heavy (non-hydrogen) atoms. The molecule has 0 radical (unpaired) electrons. The molecule has 1 N–H and O–H groups in total. The van der Waals surface area contributed by atoms with E-state index in [9.17, 15) is 4.79 Å². The van der Waals surface area contributed by atoms with Crippen molar-refractivity contribution in [2.75, 3.05) is 5.32 Å². The van der Waals surface area contributed by atoms with Gasteiger partial charge >= 0.3 is 6.03 Å². The van der Waals surface area contributed by atoms with Gasteiger partial charge in [0.1, 0.15) is 0 Å². The van der Waals surface area contributed by atoms with Crippen LogP contribution in [-0.2, 0) is 19.5 Å². The van der Waals surface area contributed by atoms with Gasteiger partial charge in [0, 0.05) is 18.8 Å². The molecule has 3 heteroatoms. The van der Waals surface area contributed by atoms with Gasteiger partial charge in [-0.05, 0) is 53.6 Å². The van der Waals surface area contributed by atoms with Crippen molar-refractivity contribution < 1.29 is 4.79 Å². The van der Waals surface area contributed by atoms with Crippen LogP contribution in [0, 0.1) is 6.92 Å². The molecule has 1 unspecified atom stereocenters. The number of benzene rings is 4. The first kappa shape index (κ1) is 23.3. The number of carbonyl (C=O) groups is 1. The highest BCUT2D eigenvalue weighted by atomic mass is 16.2. The summed E-state index contributed by atoms with van der Waals surface area (Å²) >= 11 is 0. The third-order valence-electron chi connectivity index (χ3n) is 6.11. The summed E-state index contributed by atoms with van der Waals surface area (Å²) < 4.78 is 0. The predicted octanol–water partition coefficient (Wildman–Crippen LogP) is 7.58. The number of urea groups is 1. The zero-order valence-electron chi connectivity index (χ0n) is 19.9. The first-order chi connectivity index (χ1) is 16.6. The average Bonchev–Trinajstić information content (AvgIpc) is 2.86. The van der Waals surface area contributed by atoms with Gasteiger partial charge in [0.25, 0.3) is 0 Å². The second-order valence-corrected chi connectivity index (χ2v) is 8.97. The molecule has 0 saturated carbocycles. The Morgan fingerprint density at radius 3 is 1.85 bits per heavy atom. The fourth-order valence-electron chi connectivity index (χ4n) is 4.09. The van der Waals surface area contributed by atoms with E-state index in [0.717, 1.165) is 23.2 Å². The minimum absolute atomic E-state index is 0.105. The van der Waals surface area contributed by atoms with Gasteiger partial charge < -0.3 is 10.2 Å². The van der Waals surface area contributed by atoms with Crippen molar-refractivity contribution in [2.24, 2.45) is 0 Å². The number of amides is 2. The summed E-state index contributed by atoms with van der Waals surface area (Å²) in [5, 5.41) is 3.03. The molecule has 4 rings (SSSR count). The standard InChI is InChI=1S/C31H32N2O/c1-24-13-15-26(16-14-24)21-25(2)29-19-17-28(18-20-29)23-33(22-27-9-5-3-6-10-27)31(34)32-30-11-7-4-8-12-30/h3-20,25H,21-23H2,1-2H3,(H,32,34). The fourth-order valence-corrected chi connectivity index (χ4v) is 4.09. The molecule has 172 valence electrons. The summed E-state index contributed by atoms with van der Waals surface area (Å²) in [4.78, 5) is 15.0. The molecule has 0 bridgehead atoms. The molecule has 0 aliphatic carbocycles. The van der Waals surface area contributed by atoms with Crippen LogP contribution in [0.4, 0.5) is 10.5 Å². The van der Waals surface area contributed by atoms with E-state index in [-0.39, 0.29) is 6.03 Å². The van der Waals surface area contributed by atoms with Crippen LogP contribution in [0.1, 0.15) is 40.7 Å². The molecule has 0 spiro atoms. The van der Waals surface area contributed by atoms with Crippen LogP contribution in [0.5, 0.6) is 0 Å². The number of carbonyl (C=O) groups excluding carboxylic acids is 1. The Balaban J connectivity index is 1.45. The summed E-state index contributed by atoms with van der Waals surface area (Å²) in [5.41, 5.74) is 6.98. The lowest BCUT2D eigenvalue weighted by Crippen LogP contribution is -2.34. The summed E-state index contributed by atoms with van der Waals surface area (Å²) in [7, 11) is 0. The quantitative estimate of drug-likeness (QED) is 0.296. The largest absolute Gasteiger partial charge is 0.322 e. The molecule has 3 nitrogen and oxygen atoms in total. The van der Waals surface area contributed by atoms with Gasteiger partial charge in [-0.2, -0.15) is 0 Å². The Morgan fingerprint density at radius 1 is 0.706 bits per heavy atom. The third kappa shape index (κ3) is 6.58. The van der Waals surface area contributed by atoms with Crippen LogP contribution in [-0.4, -0.2) is 10.9 Å². The molecule has 0 aliphatic heterocycles. The number of para-hydroxylation sites is 1. The van der Waals surface area contributed by atoms with Gasteiger partial charge in [0.15, 0.2) is 0 Å². The SMILES string of the molecule is Cc1ccc(CC(C)c2ccc(CN(Cc3ccccc3)C(=O)Nc3ccccc3)cc2)cc1. The van der Waals surface area contributed by atoms with Crippen molar-refractivity contribution in [2.45, 2.75) is 39.3 Å². The first-order valence-electron chi connectivity index (χ1n) is 11.9. The minimum Gasteiger partial charge on any atom is -0.316 e. The van der Waals surface area contributed by atoms with Crippen LogP contribution in [0.2, 0.25) is 0 Å². The first-order valence-corrected chi connectivity index (χ1v) is 11.9. The zero-order chi connectivity index (χ0) is 23.8. The molecule has 0 saturated heterocycles. The van der Waals surface area contributed by atoms with Crippen molar-refractivity contribution in [3.8, 4) is 0 Å². The van der Waals surface area contributed by atoms with Crippen LogP contribution >= 0.6 is 0 Å². The molecule has 4 aromatic rings. The minimum atomic E-state index is -0.105. The van der Waals surface area contributed by atoms with Crippen molar-refractivity contribution in [3.63, 3.8) is 0 Å². The fraction of sp³-hybridized carbons (Fsp3) is 0.194. The highest BCUT2D eigenvalue weighted by Crippen LogP contribution is 2.22. The van der Waals surface area contributed by atoms with Crippen LogP contribution < -0.4 is 5.32 Å². The smallest absolute Gasteiger partial charge is 0.316 e. The van der Waals surface area contributed by atoms with Crippen LogP contribution in [0.15, 0.2) is 109 Å². The van der Waals surface area contributed by atoms with E-state index < -0.39 is 0 Å². The summed E-state index contributed by atoms with van der Waals surface area (Å²) in [6.45, 7) is 5.47. The summed E-state index contributed by atoms with van der Waals surface area (Å²) in [6.07, 6.45) is 1.01. The van der Waals surface area contributed by atoms with Gasteiger partial charge in [0.2, 0.25) is 0 Å². The van der Waals surface area contributed by atoms with Crippen LogP contribution in [0.25, 0.3) is 0 Å². The van der Waals surface area contributed by atoms with Crippen molar-refractivity contribution in [1.82, 2.24) is 4.90 Å². The van der Waals surface area contributed by atoms with Gasteiger partial charge in [-0.25, -0.2) is 4.79 Å². The average molecular weight is 449 g/mol. The van der Waals surface area contributed by atoms with Gasteiger partial charge in [-0.1, -0.05) is 110 Å². The third-order valence-corrected chi connectivity index (χ3v) is 6.11. The van der Waals surface area contributed by atoms with E-state index >= 15 is 0 Å².